The van der Waals surface area contributed by atoms with Gasteiger partial charge in [-0.05, 0) is 70.1 Å². The van der Waals surface area contributed by atoms with Crippen LogP contribution in [0.5, 0.6) is 0 Å². The molecule has 5 atom stereocenters. The molecule has 0 aromatic carbocycles. The van der Waals surface area contributed by atoms with Gasteiger partial charge in [0.1, 0.15) is 11.6 Å². The van der Waals surface area contributed by atoms with E-state index in [4.69, 9.17) is 0 Å². The van der Waals surface area contributed by atoms with Gasteiger partial charge in [-0.25, -0.2) is 8.42 Å². The monoisotopic (exact) mass is 479 g/mol. The van der Waals surface area contributed by atoms with Crippen LogP contribution >= 0.6 is 0 Å². The Morgan fingerprint density at radius 1 is 1.18 bits per heavy atom. The maximum Gasteiger partial charge on any atom is 0.259 e. The molecule has 3 amide bonds. The largest absolute Gasteiger partial charge is 0.339 e. The molecule has 0 spiro atoms. The molecule has 184 valence electrons. The molecule has 9 heteroatoms. The third-order valence-electron chi connectivity index (χ3n) is 7.99. The minimum atomic E-state index is -3.81. The van der Waals surface area contributed by atoms with Gasteiger partial charge in [0.15, 0.2) is 0 Å². The maximum atomic E-state index is 13.3. The van der Waals surface area contributed by atoms with Gasteiger partial charge in [-0.1, -0.05) is 26.0 Å². The van der Waals surface area contributed by atoms with Gasteiger partial charge in [0.05, 0.1) is 4.75 Å². The average molecular weight is 480 g/mol. The summed E-state index contributed by atoms with van der Waals surface area (Å²) in [6, 6.07) is -0.611. The van der Waals surface area contributed by atoms with E-state index in [1.807, 2.05) is 12.2 Å². The van der Waals surface area contributed by atoms with Gasteiger partial charge < -0.3 is 10.2 Å². The highest BCUT2D eigenvalue weighted by Gasteiger charge is 2.62. The predicted molar refractivity (Wildman–Crippen MR) is 124 cm³/mol. The molecule has 33 heavy (non-hydrogen) atoms. The molecule has 2 saturated carbocycles. The van der Waals surface area contributed by atoms with E-state index in [9.17, 15) is 22.8 Å². The van der Waals surface area contributed by atoms with Crippen molar-refractivity contribution in [1.82, 2.24) is 14.9 Å². The summed E-state index contributed by atoms with van der Waals surface area (Å²) >= 11 is 0. The maximum absolute atomic E-state index is 13.3. The lowest BCUT2D eigenvalue weighted by Crippen LogP contribution is -2.57. The highest BCUT2D eigenvalue weighted by Crippen LogP contribution is 2.47. The first-order chi connectivity index (χ1) is 15.5. The van der Waals surface area contributed by atoms with Gasteiger partial charge >= 0.3 is 0 Å². The highest BCUT2D eigenvalue weighted by atomic mass is 32.2. The lowest BCUT2D eigenvalue weighted by atomic mass is 9.91. The van der Waals surface area contributed by atoms with E-state index in [-0.39, 0.29) is 23.7 Å². The third kappa shape index (κ3) is 4.84. The molecule has 4 aliphatic rings. The molecule has 0 bridgehead atoms. The van der Waals surface area contributed by atoms with Crippen LogP contribution in [0.1, 0.15) is 78.6 Å². The number of nitrogens with one attached hydrogen (secondary N) is 2. The zero-order valence-electron chi connectivity index (χ0n) is 19.9. The summed E-state index contributed by atoms with van der Waals surface area (Å²) in [5, 5.41) is 2.88. The molecule has 2 heterocycles. The smallest absolute Gasteiger partial charge is 0.259 e. The van der Waals surface area contributed by atoms with Crippen molar-refractivity contribution in [1.29, 1.82) is 0 Å². The topological polar surface area (TPSA) is 113 Å². The molecule has 1 saturated heterocycles. The molecule has 0 radical (unpaired) electrons. The summed E-state index contributed by atoms with van der Waals surface area (Å²) in [7, 11) is -3.81. The molecule has 0 unspecified atom stereocenters. The molecule has 2 N–H and O–H groups in total. The van der Waals surface area contributed by atoms with Crippen molar-refractivity contribution in [2.45, 2.75) is 94.9 Å². The zero-order valence-corrected chi connectivity index (χ0v) is 20.7. The minimum absolute atomic E-state index is 0.0181. The predicted octanol–water partition coefficient (Wildman–Crippen LogP) is 2.25. The van der Waals surface area contributed by atoms with Gasteiger partial charge in [0.2, 0.25) is 21.8 Å². The van der Waals surface area contributed by atoms with Crippen LogP contribution in [-0.2, 0) is 24.4 Å². The van der Waals surface area contributed by atoms with E-state index >= 15 is 0 Å². The minimum Gasteiger partial charge on any atom is -0.339 e. The van der Waals surface area contributed by atoms with Crippen molar-refractivity contribution in [2.75, 3.05) is 6.54 Å². The molecular weight excluding hydrogens is 442 g/mol. The SMILES string of the molecule is C[C@@H]1CC/C=C\[C@@H]2C[C@@]2(C(=O)NS(=O)(=O)C2(C)CC2)NC(=O)[C@@H]2CCCN2C(=O)C[C@H](C)C1. The summed E-state index contributed by atoms with van der Waals surface area (Å²) in [6.07, 6.45) is 9.87. The Morgan fingerprint density at radius 3 is 2.61 bits per heavy atom. The van der Waals surface area contributed by atoms with Crippen LogP contribution in [0, 0.1) is 17.8 Å². The summed E-state index contributed by atoms with van der Waals surface area (Å²) < 4.78 is 26.7. The number of allylic oxidation sites excluding steroid dienone is 1. The Labute approximate surface area is 197 Å². The van der Waals surface area contributed by atoms with Gasteiger partial charge in [-0.15, -0.1) is 0 Å². The Morgan fingerprint density at radius 2 is 1.91 bits per heavy atom. The average Bonchev–Trinajstić information content (AvgIpc) is 3.57. The van der Waals surface area contributed by atoms with Gasteiger partial charge in [0.25, 0.3) is 5.91 Å². The second kappa shape index (κ2) is 8.71. The standard InChI is InChI=1S/C24H37N3O5S/c1-16-7-4-5-8-18-15-24(18,22(30)26-33(31,32)23(3)10-11-23)25-21(29)19-9-6-12-27(19)20(28)14-17(2)13-16/h5,8,16-19H,4,6-7,9-15H2,1-3H3,(H,25,29)(H,26,30)/b8-5-/t16-,17-,18-,19+,24-/m1/s1. The van der Waals surface area contributed by atoms with Crippen molar-refractivity contribution in [3.05, 3.63) is 12.2 Å². The molecule has 3 fully saturated rings. The van der Waals surface area contributed by atoms with Gasteiger partial charge in [-0.3, -0.25) is 19.1 Å². The van der Waals surface area contributed by atoms with Crippen LogP contribution in [0.4, 0.5) is 0 Å². The first kappa shape index (κ1) is 24.2. The summed E-state index contributed by atoms with van der Waals surface area (Å²) in [6.45, 7) is 6.44. The van der Waals surface area contributed by atoms with Crippen molar-refractivity contribution in [2.24, 2.45) is 17.8 Å². The van der Waals surface area contributed by atoms with Crippen molar-refractivity contribution in [3.8, 4) is 0 Å². The first-order valence-electron chi connectivity index (χ1n) is 12.3. The van der Waals surface area contributed by atoms with Crippen LogP contribution in [0.3, 0.4) is 0 Å². The summed E-state index contributed by atoms with van der Waals surface area (Å²) in [4.78, 5) is 41.1. The summed E-state index contributed by atoms with van der Waals surface area (Å²) in [5.41, 5.74) is -1.28. The molecule has 4 rings (SSSR count). The number of hydrogen-bond donors (Lipinski definition) is 2. The third-order valence-corrected chi connectivity index (χ3v) is 10.2. The number of fused-ring (bicyclic) bond motifs is 2. The zero-order chi connectivity index (χ0) is 24.0. The van der Waals surface area contributed by atoms with E-state index < -0.39 is 32.3 Å². The van der Waals surface area contributed by atoms with E-state index in [1.165, 1.54) is 0 Å². The number of hydrogen-bond acceptors (Lipinski definition) is 5. The van der Waals surface area contributed by atoms with Gasteiger partial charge in [-0.2, -0.15) is 0 Å². The quantitative estimate of drug-likeness (QED) is 0.603. The van der Waals surface area contributed by atoms with Crippen molar-refractivity contribution < 1.29 is 22.8 Å². The van der Waals surface area contributed by atoms with Crippen LogP contribution in [0.25, 0.3) is 0 Å². The Kier molecular flexibility index (Phi) is 6.39. The Balaban J connectivity index is 1.57. The number of sulfonamides is 1. The van der Waals surface area contributed by atoms with Crippen molar-refractivity contribution in [3.63, 3.8) is 0 Å². The fraction of sp³-hybridized carbons (Fsp3) is 0.792. The van der Waals surface area contributed by atoms with Gasteiger partial charge in [0, 0.05) is 18.9 Å². The van der Waals surface area contributed by atoms with Crippen molar-refractivity contribution >= 4 is 27.7 Å². The number of amides is 3. The van der Waals surface area contributed by atoms with E-state index in [0.717, 1.165) is 25.7 Å². The Hall–Kier alpha value is -1.90. The number of nitrogens with zero attached hydrogens (tertiary/aromatic N) is 1. The lowest BCUT2D eigenvalue weighted by Gasteiger charge is -2.28. The summed E-state index contributed by atoms with van der Waals surface area (Å²) in [5.74, 6) is -0.596. The highest BCUT2D eigenvalue weighted by molar-refractivity contribution is 7.91. The second-order valence-electron chi connectivity index (χ2n) is 11.1. The van der Waals surface area contributed by atoms with E-state index in [1.54, 1.807) is 11.8 Å². The fourth-order valence-electron chi connectivity index (χ4n) is 5.35. The molecule has 2 aliphatic heterocycles. The first-order valence-corrected chi connectivity index (χ1v) is 13.8. The molecule has 0 aromatic heterocycles. The van der Waals surface area contributed by atoms with E-state index in [0.29, 0.717) is 44.6 Å². The molecular formula is C24H37N3O5S. The Bertz CT molecular complexity index is 957. The molecule has 0 aromatic rings. The number of carbonyl (C=O) groups is 3. The number of carbonyl (C=O) groups excluding carboxylic acids is 3. The molecule has 2 aliphatic carbocycles. The fourth-order valence-corrected chi connectivity index (χ4v) is 6.66. The van der Waals surface area contributed by atoms with Crippen LogP contribution in [0.15, 0.2) is 12.2 Å². The van der Waals surface area contributed by atoms with E-state index in [2.05, 4.69) is 23.9 Å². The lowest BCUT2D eigenvalue weighted by molar-refractivity contribution is -0.140. The molecule has 8 nitrogen and oxygen atoms in total. The van der Waals surface area contributed by atoms with Crippen LogP contribution in [-0.4, -0.2) is 53.9 Å². The van der Waals surface area contributed by atoms with Crippen LogP contribution in [0.2, 0.25) is 0 Å². The second-order valence-corrected chi connectivity index (χ2v) is 13.3. The van der Waals surface area contributed by atoms with Crippen LogP contribution < -0.4 is 10.0 Å². The number of rotatable bonds is 3. The normalized spacial score (nSPS) is 37.6.